The van der Waals surface area contributed by atoms with E-state index in [1.807, 2.05) is 0 Å². The van der Waals surface area contributed by atoms with Crippen molar-refractivity contribution in [3.05, 3.63) is 0 Å². The Morgan fingerprint density at radius 2 is 1.88 bits per heavy atom. The summed E-state index contributed by atoms with van der Waals surface area (Å²) in [7, 11) is 0. The predicted molar refractivity (Wildman–Crippen MR) is 37.8 cm³/mol. The molecule has 2 fully saturated rings. The predicted octanol–water partition coefficient (Wildman–Crippen LogP) is 1.21. The summed E-state index contributed by atoms with van der Waals surface area (Å²) < 4.78 is 64.1. The van der Waals surface area contributed by atoms with Crippen LogP contribution in [0.4, 0.5) is 22.0 Å². The number of halogens is 5. The van der Waals surface area contributed by atoms with Gasteiger partial charge in [-0.1, -0.05) is 0 Å². The van der Waals surface area contributed by atoms with Gasteiger partial charge in [0.1, 0.15) is 12.2 Å². The number of hydroxylamine groups is 2. The molecular formula is C7H8F5NO3. The van der Waals surface area contributed by atoms with Crippen molar-refractivity contribution in [3.8, 4) is 0 Å². The Morgan fingerprint density at radius 3 is 2.38 bits per heavy atom. The van der Waals surface area contributed by atoms with Gasteiger partial charge >= 0.3 is 12.2 Å². The Bertz CT molecular complexity index is 322. The summed E-state index contributed by atoms with van der Waals surface area (Å²) in [4.78, 5) is 8.78. The number of hydrogen-bond donors (Lipinski definition) is 1. The first-order chi connectivity index (χ1) is 7.02. The third kappa shape index (κ3) is 1.28. The fourth-order valence-corrected chi connectivity index (χ4v) is 1.74. The number of aliphatic hydroxyl groups is 1. The maximum atomic E-state index is 13.3. The van der Waals surface area contributed by atoms with Crippen molar-refractivity contribution in [1.29, 1.82) is 0 Å². The Balaban J connectivity index is 2.46. The van der Waals surface area contributed by atoms with Gasteiger partial charge in [0.15, 0.2) is 0 Å². The molecule has 0 amide bonds. The van der Waals surface area contributed by atoms with Crippen LogP contribution in [-0.2, 0) is 9.68 Å². The highest BCUT2D eigenvalue weighted by Gasteiger charge is 2.79. The zero-order chi connectivity index (χ0) is 12.4. The summed E-state index contributed by atoms with van der Waals surface area (Å²) in [5.74, 6) is 0. The highest BCUT2D eigenvalue weighted by molar-refractivity contribution is 5.05. The lowest BCUT2D eigenvalue weighted by Gasteiger charge is -2.45. The van der Waals surface area contributed by atoms with Crippen LogP contribution in [-0.4, -0.2) is 40.4 Å². The van der Waals surface area contributed by atoms with E-state index in [-0.39, 0.29) is 0 Å². The normalized spacial score (nSPS) is 47.1. The molecule has 0 aliphatic carbocycles. The molecule has 2 aliphatic heterocycles. The van der Waals surface area contributed by atoms with Gasteiger partial charge in [-0.2, -0.15) is 22.0 Å². The molecule has 9 heteroatoms. The first kappa shape index (κ1) is 12.0. The minimum Gasteiger partial charge on any atom is -0.375 e. The first-order valence-electron chi connectivity index (χ1n) is 4.31. The molecule has 0 saturated carbocycles. The van der Waals surface area contributed by atoms with E-state index in [0.29, 0.717) is 0 Å². The van der Waals surface area contributed by atoms with Crippen LogP contribution >= 0.6 is 0 Å². The van der Waals surface area contributed by atoms with Crippen molar-refractivity contribution in [2.45, 2.75) is 36.8 Å². The summed E-state index contributed by atoms with van der Waals surface area (Å²) in [5, 5.41) is 8.64. The van der Waals surface area contributed by atoms with E-state index in [0.717, 1.165) is 6.92 Å². The standard InChI is InChI=1S/C7H8F5NO3/c1-4-2-5(14,6(8,9)10)7(11,12)13(16-4)15-3-4/h14H,2-3H2,1H3. The van der Waals surface area contributed by atoms with E-state index in [4.69, 9.17) is 0 Å². The Hall–Kier alpha value is -0.510. The van der Waals surface area contributed by atoms with Gasteiger partial charge in [-0.05, 0) is 6.92 Å². The maximum absolute atomic E-state index is 13.3. The molecule has 0 radical (unpaired) electrons. The lowest BCUT2D eigenvalue weighted by Crippen LogP contribution is -2.69. The molecule has 4 nitrogen and oxygen atoms in total. The molecule has 0 spiro atoms. The number of alkyl halides is 5. The van der Waals surface area contributed by atoms with E-state index >= 15 is 0 Å². The molecule has 2 bridgehead atoms. The van der Waals surface area contributed by atoms with Gasteiger partial charge in [-0.15, -0.1) is 0 Å². The van der Waals surface area contributed by atoms with Crippen molar-refractivity contribution in [2.75, 3.05) is 6.61 Å². The fourth-order valence-electron chi connectivity index (χ4n) is 1.74. The largest absolute Gasteiger partial charge is 0.425 e. The SMILES string of the molecule is CC12CON(O1)C(F)(F)C(O)(C(F)(F)F)C2. The Labute approximate surface area is 86.4 Å². The second-order valence-corrected chi connectivity index (χ2v) is 4.15. The lowest BCUT2D eigenvalue weighted by atomic mass is 9.85. The lowest BCUT2D eigenvalue weighted by molar-refractivity contribution is -0.516. The molecule has 2 heterocycles. The minimum atomic E-state index is -5.48. The maximum Gasteiger partial charge on any atom is 0.425 e. The highest BCUT2D eigenvalue weighted by atomic mass is 19.4. The quantitative estimate of drug-likeness (QED) is 0.517. The topological polar surface area (TPSA) is 41.9 Å². The third-order valence-electron chi connectivity index (χ3n) is 2.62. The van der Waals surface area contributed by atoms with Gasteiger partial charge in [0.05, 0.1) is 0 Å². The summed E-state index contributed by atoms with van der Waals surface area (Å²) in [6, 6.07) is -4.68. The van der Waals surface area contributed by atoms with E-state index in [2.05, 4.69) is 9.68 Å². The van der Waals surface area contributed by atoms with Crippen molar-refractivity contribution >= 4 is 0 Å². The monoisotopic (exact) mass is 249 g/mol. The molecule has 2 aliphatic rings. The molecular weight excluding hydrogens is 241 g/mol. The van der Waals surface area contributed by atoms with E-state index in [1.165, 1.54) is 0 Å². The molecule has 94 valence electrons. The minimum absolute atomic E-state index is 0.471. The van der Waals surface area contributed by atoms with Gasteiger partial charge < -0.3 is 5.11 Å². The van der Waals surface area contributed by atoms with Crippen LogP contribution in [0.15, 0.2) is 0 Å². The molecule has 2 saturated heterocycles. The van der Waals surface area contributed by atoms with Crippen LogP contribution < -0.4 is 0 Å². The van der Waals surface area contributed by atoms with Crippen molar-refractivity contribution in [1.82, 2.24) is 5.23 Å². The van der Waals surface area contributed by atoms with Gasteiger partial charge in [-0.3, -0.25) is 9.68 Å². The molecule has 0 aromatic carbocycles. The van der Waals surface area contributed by atoms with Crippen LogP contribution in [0, 0.1) is 0 Å². The van der Waals surface area contributed by atoms with Crippen molar-refractivity contribution < 1.29 is 36.7 Å². The molecule has 3 atom stereocenters. The Morgan fingerprint density at radius 1 is 1.31 bits per heavy atom. The first-order valence-corrected chi connectivity index (χ1v) is 4.31. The van der Waals surface area contributed by atoms with Crippen LogP contribution in [0.25, 0.3) is 0 Å². The molecule has 3 unspecified atom stereocenters. The fraction of sp³-hybridized carbons (Fsp3) is 1.00. The van der Waals surface area contributed by atoms with Crippen molar-refractivity contribution in [3.63, 3.8) is 0 Å². The number of nitrogens with zero attached hydrogens (tertiary/aromatic N) is 1. The van der Waals surface area contributed by atoms with E-state index in [9.17, 15) is 27.1 Å². The van der Waals surface area contributed by atoms with Gasteiger partial charge in [0.25, 0.3) is 0 Å². The number of hydrogen-bond acceptors (Lipinski definition) is 4. The van der Waals surface area contributed by atoms with E-state index in [1.54, 1.807) is 0 Å². The van der Waals surface area contributed by atoms with Gasteiger partial charge in [-0.25, -0.2) is 0 Å². The summed E-state index contributed by atoms with van der Waals surface area (Å²) in [6.45, 7) is 0.680. The average molecular weight is 249 g/mol. The Kier molecular flexibility index (Phi) is 2.12. The van der Waals surface area contributed by atoms with Crippen LogP contribution in [0.1, 0.15) is 13.3 Å². The smallest absolute Gasteiger partial charge is 0.375 e. The zero-order valence-corrected chi connectivity index (χ0v) is 8.01. The molecule has 0 aromatic rings. The third-order valence-corrected chi connectivity index (χ3v) is 2.62. The van der Waals surface area contributed by atoms with Crippen LogP contribution in [0.3, 0.4) is 0 Å². The summed E-state index contributed by atoms with van der Waals surface area (Å²) >= 11 is 0. The van der Waals surface area contributed by atoms with Crippen LogP contribution in [0.5, 0.6) is 0 Å². The summed E-state index contributed by atoms with van der Waals surface area (Å²) in [6.07, 6.45) is -6.76. The number of rotatable bonds is 0. The average Bonchev–Trinajstić information content (AvgIpc) is 2.41. The second kappa shape index (κ2) is 2.84. The molecule has 0 aromatic heterocycles. The van der Waals surface area contributed by atoms with Crippen LogP contribution in [0.2, 0.25) is 0 Å². The van der Waals surface area contributed by atoms with E-state index < -0.39 is 41.7 Å². The van der Waals surface area contributed by atoms with Gasteiger partial charge in [0, 0.05) is 11.6 Å². The highest BCUT2D eigenvalue weighted by Crippen LogP contribution is 2.55. The zero-order valence-electron chi connectivity index (χ0n) is 8.01. The van der Waals surface area contributed by atoms with Gasteiger partial charge in [0.2, 0.25) is 5.60 Å². The number of fused-ring (bicyclic) bond motifs is 2. The second-order valence-electron chi connectivity index (χ2n) is 4.15. The summed E-state index contributed by atoms with van der Waals surface area (Å²) in [5.41, 5.74) is -5.78. The molecule has 16 heavy (non-hydrogen) atoms. The molecule has 1 N–H and O–H groups in total. The molecule has 2 rings (SSSR count). The van der Waals surface area contributed by atoms with Crippen molar-refractivity contribution in [2.24, 2.45) is 0 Å².